The fourth-order valence-electron chi connectivity index (χ4n) is 4.47. The van der Waals surface area contributed by atoms with Crippen LogP contribution in [0.5, 0.6) is 0 Å². The molecule has 0 aliphatic carbocycles. The smallest absolute Gasteiger partial charge is 0.246 e. The highest BCUT2D eigenvalue weighted by atomic mass is 35.5. The normalized spacial score (nSPS) is 22.7. The van der Waals surface area contributed by atoms with Gasteiger partial charge in [-0.1, -0.05) is 48.0 Å². The number of piperazine rings is 1. The molecule has 2 N–H and O–H groups in total. The topological polar surface area (TPSA) is 79.3 Å². The molecule has 1 aromatic heterocycles. The molecular formula is C24H24ClN5O2. The van der Waals surface area contributed by atoms with Gasteiger partial charge in [0, 0.05) is 42.3 Å². The summed E-state index contributed by atoms with van der Waals surface area (Å²) in [4.78, 5) is 27.4. The van der Waals surface area contributed by atoms with Crippen molar-refractivity contribution in [3.8, 4) is 5.69 Å². The van der Waals surface area contributed by atoms with Gasteiger partial charge in [-0.2, -0.15) is 5.10 Å². The summed E-state index contributed by atoms with van der Waals surface area (Å²) < 4.78 is 1.78. The highest BCUT2D eigenvalue weighted by Gasteiger charge is 2.46. The van der Waals surface area contributed by atoms with Gasteiger partial charge < -0.3 is 15.5 Å². The zero-order chi connectivity index (χ0) is 22.1. The second-order valence-corrected chi connectivity index (χ2v) is 8.78. The fraction of sp³-hybridized carbons (Fsp3) is 0.292. The summed E-state index contributed by atoms with van der Waals surface area (Å²) in [5.74, 6) is -0.0693. The first-order valence-electron chi connectivity index (χ1n) is 10.7. The second-order valence-electron chi connectivity index (χ2n) is 8.34. The first-order valence-corrected chi connectivity index (χ1v) is 11.1. The molecule has 0 bridgehead atoms. The maximum atomic E-state index is 13.0. The molecule has 2 fully saturated rings. The number of aromatic nitrogens is 2. The third-order valence-corrected chi connectivity index (χ3v) is 6.32. The summed E-state index contributed by atoms with van der Waals surface area (Å²) >= 11 is 6.07. The van der Waals surface area contributed by atoms with Gasteiger partial charge in [0.1, 0.15) is 12.1 Å². The van der Waals surface area contributed by atoms with Crippen LogP contribution in [0.15, 0.2) is 67.0 Å². The van der Waals surface area contributed by atoms with Gasteiger partial charge in [-0.25, -0.2) is 4.68 Å². The third-order valence-electron chi connectivity index (χ3n) is 6.09. The van der Waals surface area contributed by atoms with Gasteiger partial charge in [-0.3, -0.25) is 9.59 Å². The molecule has 164 valence electrons. The number of amides is 2. The molecule has 3 atom stereocenters. The quantitative estimate of drug-likeness (QED) is 0.605. The molecule has 5 rings (SSSR count). The minimum Gasteiger partial charge on any atom is -0.342 e. The number of carbonyl (C=O) groups is 2. The zero-order valence-electron chi connectivity index (χ0n) is 17.4. The summed E-state index contributed by atoms with van der Waals surface area (Å²) in [6, 6.07) is 16.4. The van der Waals surface area contributed by atoms with E-state index < -0.39 is 12.1 Å². The standard InChI is InChI=1S/C24H24ClN5O2/c25-18-7-4-8-20(10-18)30-14-17(13-27-30)12-26-19-11-22-23(31)28-21(24(32)29(22)15-19)9-16-5-2-1-3-6-16/h1-8,10,13-14,19,21-22,26H,9,11-12,15H2,(H,28,31)/t19-,21-,22-/m0/s1. The summed E-state index contributed by atoms with van der Waals surface area (Å²) in [6.07, 6.45) is 4.88. The molecule has 2 aliphatic rings. The van der Waals surface area contributed by atoms with Crippen molar-refractivity contribution in [2.75, 3.05) is 6.54 Å². The molecule has 3 heterocycles. The molecule has 0 spiro atoms. The van der Waals surface area contributed by atoms with Gasteiger partial charge in [0.25, 0.3) is 0 Å². The maximum absolute atomic E-state index is 13.0. The lowest BCUT2D eigenvalue weighted by molar-refractivity contribution is -0.147. The van der Waals surface area contributed by atoms with E-state index in [2.05, 4.69) is 15.7 Å². The minimum absolute atomic E-state index is 0.00321. The summed E-state index contributed by atoms with van der Waals surface area (Å²) in [5.41, 5.74) is 2.95. The first kappa shape index (κ1) is 20.7. The Labute approximate surface area is 191 Å². The Morgan fingerprint density at radius 1 is 1.09 bits per heavy atom. The maximum Gasteiger partial charge on any atom is 0.246 e. The summed E-state index contributed by atoms with van der Waals surface area (Å²) in [6.45, 7) is 1.14. The van der Waals surface area contributed by atoms with E-state index in [1.807, 2.05) is 67.0 Å². The number of halogens is 1. The molecule has 2 amide bonds. The van der Waals surface area contributed by atoms with Crippen LogP contribution < -0.4 is 10.6 Å². The Bertz CT molecular complexity index is 1130. The monoisotopic (exact) mass is 449 g/mol. The van der Waals surface area contributed by atoms with Crippen molar-refractivity contribution < 1.29 is 9.59 Å². The van der Waals surface area contributed by atoms with Crippen LogP contribution in [0.2, 0.25) is 5.02 Å². The third kappa shape index (κ3) is 4.26. The highest BCUT2D eigenvalue weighted by Crippen LogP contribution is 2.24. The Morgan fingerprint density at radius 3 is 2.75 bits per heavy atom. The van der Waals surface area contributed by atoms with Crippen LogP contribution in [0.25, 0.3) is 5.69 Å². The highest BCUT2D eigenvalue weighted by molar-refractivity contribution is 6.30. The molecule has 8 heteroatoms. The van der Waals surface area contributed by atoms with Gasteiger partial charge in [0.15, 0.2) is 0 Å². The van der Waals surface area contributed by atoms with Crippen LogP contribution in [0, 0.1) is 0 Å². The molecule has 2 aromatic carbocycles. The number of fused-ring (bicyclic) bond motifs is 1. The van der Waals surface area contributed by atoms with Gasteiger partial charge in [-0.15, -0.1) is 0 Å². The number of hydrogen-bond donors (Lipinski definition) is 2. The van der Waals surface area contributed by atoms with Crippen LogP contribution in [0.1, 0.15) is 17.5 Å². The van der Waals surface area contributed by atoms with Crippen LogP contribution in [-0.4, -0.2) is 51.2 Å². The van der Waals surface area contributed by atoms with Crippen LogP contribution in [-0.2, 0) is 22.6 Å². The lowest BCUT2D eigenvalue weighted by Crippen LogP contribution is -2.61. The van der Waals surface area contributed by atoms with Crippen molar-refractivity contribution in [3.05, 3.63) is 83.1 Å². The van der Waals surface area contributed by atoms with E-state index in [1.54, 1.807) is 9.58 Å². The molecular weight excluding hydrogens is 426 g/mol. The average Bonchev–Trinajstić information content (AvgIpc) is 3.44. The van der Waals surface area contributed by atoms with Crippen molar-refractivity contribution in [1.82, 2.24) is 25.3 Å². The number of hydrogen-bond acceptors (Lipinski definition) is 4. The fourth-order valence-corrected chi connectivity index (χ4v) is 4.65. The van der Waals surface area contributed by atoms with E-state index in [-0.39, 0.29) is 17.9 Å². The van der Waals surface area contributed by atoms with Gasteiger partial charge >= 0.3 is 0 Å². The zero-order valence-corrected chi connectivity index (χ0v) is 18.2. The molecule has 0 unspecified atom stereocenters. The van der Waals surface area contributed by atoms with Crippen molar-refractivity contribution in [3.63, 3.8) is 0 Å². The molecule has 32 heavy (non-hydrogen) atoms. The van der Waals surface area contributed by atoms with E-state index in [4.69, 9.17) is 11.6 Å². The summed E-state index contributed by atoms with van der Waals surface area (Å²) in [7, 11) is 0. The molecule has 0 radical (unpaired) electrons. The van der Waals surface area contributed by atoms with Crippen LogP contribution >= 0.6 is 11.6 Å². The molecule has 3 aromatic rings. The Morgan fingerprint density at radius 2 is 1.94 bits per heavy atom. The molecule has 2 saturated heterocycles. The molecule has 2 aliphatic heterocycles. The number of nitrogens with zero attached hydrogens (tertiary/aromatic N) is 3. The van der Waals surface area contributed by atoms with E-state index in [9.17, 15) is 9.59 Å². The Balaban J connectivity index is 1.20. The van der Waals surface area contributed by atoms with Crippen molar-refractivity contribution in [2.45, 2.75) is 37.5 Å². The minimum atomic E-state index is -0.504. The van der Waals surface area contributed by atoms with E-state index >= 15 is 0 Å². The SMILES string of the molecule is O=C1N[C@@H](Cc2ccccc2)C(=O)N2C[C@@H](NCc3cnn(-c4cccc(Cl)c4)c3)C[C@@H]12. The average molecular weight is 450 g/mol. The molecule has 0 saturated carbocycles. The van der Waals surface area contributed by atoms with Gasteiger partial charge in [0.2, 0.25) is 11.8 Å². The van der Waals surface area contributed by atoms with E-state index in [0.717, 1.165) is 16.8 Å². The lowest BCUT2D eigenvalue weighted by Gasteiger charge is -2.34. The number of rotatable bonds is 6. The van der Waals surface area contributed by atoms with Crippen molar-refractivity contribution in [2.24, 2.45) is 0 Å². The van der Waals surface area contributed by atoms with E-state index in [0.29, 0.717) is 31.0 Å². The number of benzene rings is 2. The van der Waals surface area contributed by atoms with Crippen molar-refractivity contribution >= 4 is 23.4 Å². The van der Waals surface area contributed by atoms with E-state index in [1.165, 1.54) is 0 Å². The lowest BCUT2D eigenvalue weighted by atomic mass is 10.0. The Kier molecular flexibility index (Phi) is 5.68. The van der Waals surface area contributed by atoms with Gasteiger partial charge in [-0.05, 0) is 30.2 Å². The second kappa shape index (κ2) is 8.76. The number of nitrogens with one attached hydrogen (secondary N) is 2. The van der Waals surface area contributed by atoms with Gasteiger partial charge in [0.05, 0.1) is 11.9 Å². The largest absolute Gasteiger partial charge is 0.342 e. The predicted molar refractivity (Wildman–Crippen MR) is 121 cm³/mol. The van der Waals surface area contributed by atoms with Crippen LogP contribution in [0.4, 0.5) is 0 Å². The summed E-state index contributed by atoms with van der Waals surface area (Å²) in [5, 5.41) is 11.5. The first-order chi connectivity index (χ1) is 15.6. The molecule has 7 nitrogen and oxygen atoms in total. The van der Waals surface area contributed by atoms with Crippen molar-refractivity contribution in [1.29, 1.82) is 0 Å². The van der Waals surface area contributed by atoms with Crippen LogP contribution in [0.3, 0.4) is 0 Å². The predicted octanol–water partition coefficient (Wildman–Crippen LogP) is 2.33. The number of carbonyl (C=O) groups excluding carboxylic acids is 2. The Hall–Kier alpha value is -3.16.